The average Bonchev–Trinajstić information content (AvgIpc) is 3.32. The second-order valence-corrected chi connectivity index (χ2v) is 7.77. The number of morpholine rings is 1. The highest BCUT2D eigenvalue weighted by Gasteiger charge is 2.16. The van der Waals surface area contributed by atoms with Gasteiger partial charge in [0.05, 0.1) is 24.3 Å². The van der Waals surface area contributed by atoms with E-state index in [0.717, 1.165) is 42.9 Å². The number of aromatic nitrogens is 3. The van der Waals surface area contributed by atoms with Crippen LogP contribution in [0.2, 0.25) is 0 Å². The molecule has 0 bridgehead atoms. The molecule has 1 aliphatic heterocycles. The Morgan fingerprint density at radius 2 is 1.97 bits per heavy atom. The minimum atomic E-state index is -0.234. The molecule has 0 atom stereocenters. The Morgan fingerprint density at radius 3 is 2.80 bits per heavy atom. The number of benzene rings is 2. The zero-order valence-electron chi connectivity index (χ0n) is 16.1. The molecule has 2 aromatic heterocycles. The van der Waals surface area contributed by atoms with Crippen LogP contribution in [0.1, 0.15) is 10.4 Å². The van der Waals surface area contributed by atoms with Crippen LogP contribution in [-0.4, -0.2) is 47.2 Å². The number of hydrogen-bond acceptors (Lipinski definition) is 7. The van der Waals surface area contributed by atoms with Crippen LogP contribution in [0.15, 0.2) is 60.2 Å². The van der Waals surface area contributed by atoms with Gasteiger partial charge in [0.1, 0.15) is 0 Å². The number of hydrogen-bond donors (Lipinski definition) is 1. The molecule has 150 valence electrons. The van der Waals surface area contributed by atoms with Gasteiger partial charge < -0.3 is 9.64 Å². The Morgan fingerprint density at radius 1 is 1.10 bits per heavy atom. The number of anilines is 2. The number of para-hydroxylation sites is 1. The third kappa shape index (κ3) is 3.74. The van der Waals surface area contributed by atoms with Crippen LogP contribution in [0, 0.1) is 0 Å². The van der Waals surface area contributed by atoms with Crippen molar-refractivity contribution in [2.24, 2.45) is 0 Å². The van der Waals surface area contributed by atoms with Gasteiger partial charge >= 0.3 is 0 Å². The quantitative estimate of drug-likeness (QED) is 0.543. The summed E-state index contributed by atoms with van der Waals surface area (Å²) in [4.78, 5) is 28.5. The molecule has 1 N–H and O–H groups in total. The minimum absolute atomic E-state index is 0.234. The van der Waals surface area contributed by atoms with E-state index in [0.29, 0.717) is 22.0 Å². The molecule has 1 aliphatic rings. The van der Waals surface area contributed by atoms with E-state index >= 15 is 0 Å². The fourth-order valence-corrected chi connectivity index (χ4v) is 4.01. The van der Waals surface area contributed by atoms with Gasteiger partial charge in [0.15, 0.2) is 11.0 Å². The summed E-state index contributed by atoms with van der Waals surface area (Å²) in [5.74, 6) is 0.356. The first-order valence-electron chi connectivity index (χ1n) is 9.68. The number of rotatable bonds is 4. The lowest BCUT2D eigenvalue weighted by Crippen LogP contribution is -2.36. The van der Waals surface area contributed by atoms with E-state index in [-0.39, 0.29) is 5.91 Å². The molecule has 7 nitrogen and oxygen atoms in total. The topological polar surface area (TPSA) is 80.2 Å². The van der Waals surface area contributed by atoms with Gasteiger partial charge in [-0.15, -0.1) is 11.3 Å². The number of amides is 1. The first-order chi connectivity index (χ1) is 14.8. The van der Waals surface area contributed by atoms with Crippen LogP contribution >= 0.6 is 11.3 Å². The van der Waals surface area contributed by atoms with Gasteiger partial charge in [-0.2, -0.15) is 0 Å². The number of ether oxygens (including phenoxy) is 1. The number of fused-ring (bicyclic) bond motifs is 1. The largest absolute Gasteiger partial charge is 0.378 e. The summed E-state index contributed by atoms with van der Waals surface area (Å²) in [6.45, 7) is 3.19. The molecule has 8 heteroatoms. The fraction of sp³-hybridized carbons (Fsp3) is 0.182. The smallest absolute Gasteiger partial charge is 0.259 e. The molecule has 3 heterocycles. The molecule has 0 spiro atoms. The summed E-state index contributed by atoms with van der Waals surface area (Å²) < 4.78 is 5.45. The van der Waals surface area contributed by atoms with Crippen molar-refractivity contribution < 1.29 is 9.53 Å². The molecule has 1 fully saturated rings. The molecule has 30 heavy (non-hydrogen) atoms. The number of carbonyl (C=O) groups is 1. The summed E-state index contributed by atoms with van der Waals surface area (Å²) in [7, 11) is 0. The molecule has 2 aromatic carbocycles. The summed E-state index contributed by atoms with van der Waals surface area (Å²) in [5.41, 5.74) is 3.15. The highest BCUT2D eigenvalue weighted by atomic mass is 32.1. The van der Waals surface area contributed by atoms with E-state index in [1.54, 1.807) is 18.5 Å². The third-order valence-electron chi connectivity index (χ3n) is 4.99. The second kappa shape index (κ2) is 8.17. The standard InChI is InChI=1S/C22H19N5O2S/c28-21(26-22-23-7-12-30-22)18-6-2-4-16-14-24-20(25-19(16)18)15-3-1-5-17(13-15)27-8-10-29-11-9-27/h1-7,12-14H,8-11H2,(H,23,26,28). The van der Waals surface area contributed by atoms with E-state index in [1.807, 2.05) is 29.6 Å². The molecule has 0 radical (unpaired) electrons. The lowest BCUT2D eigenvalue weighted by atomic mass is 10.1. The summed E-state index contributed by atoms with van der Waals surface area (Å²) >= 11 is 1.38. The molecule has 1 amide bonds. The summed E-state index contributed by atoms with van der Waals surface area (Å²) in [5, 5.41) is 6.03. The van der Waals surface area contributed by atoms with Gasteiger partial charge in [0.25, 0.3) is 5.91 Å². The Balaban J connectivity index is 1.51. The second-order valence-electron chi connectivity index (χ2n) is 6.88. The van der Waals surface area contributed by atoms with Crippen molar-refractivity contribution in [2.45, 2.75) is 0 Å². The average molecular weight is 417 g/mol. The predicted octanol–water partition coefficient (Wildman–Crippen LogP) is 3.84. The van der Waals surface area contributed by atoms with Crippen LogP contribution in [0.5, 0.6) is 0 Å². The molecule has 0 saturated carbocycles. The fourth-order valence-electron chi connectivity index (χ4n) is 3.49. The van der Waals surface area contributed by atoms with Crippen molar-refractivity contribution >= 4 is 39.0 Å². The van der Waals surface area contributed by atoms with Crippen molar-refractivity contribution in [1.82, 2.24) is 15.0 Å². The molecule has 5 rings (SSSR count). The normalized spacial score (nSPS) is 14.1. The lowest BCUT2D eigenvalue weighted by Gasteiger charge is -2.29. The van der Waals surface area contributed by atoms with Crippen LogP contribution in [0.25, 0.3) is 22.3 Å². The zero-order chi connectivity index (χ0) is 20.3. The first-order valence-corrected chi connectivity index (χ1v) is 10.6. The maximum absolute atomic E-state index is 12.8. The van der Waals surface area contributed by atoms with Crippen molar-refractivity contribution in [1.29, 1.82) is 0 Å². The van der Waals surface area contributed by atoms with Crippen molar-refractivity contribution in [2.75, 3.05) is 36.5 Å². The lowest BCUT2D eigenvalue weighted by molar-refractivity contribution is 0.102. The van der Waals surface area contributed by atoms with Crippen LogP contribution < -0.4 is 10.2 Å². The summed E-state index contributed by atoms with van der Waals surface area (Å²) in [6.07, 6.45) is 3.42. The Kier molecular flexibility index (Phi) is 5.08. The minimum Gasteiger partial charge on any atom is -0.378 e. The highest BCUT2D eigenvalue weighted by molar-refractivity contribution is 7.13. The van der Waals surface area contributed by atoms with Gasteiger partial charge in [-0.3, -0.25) is 10.1 Å². The molecule has 0 unspecified atom stereocenters. The van der Waals surface area contributed by atoms with Crippen molar-refractivity contribution in [3.05, 3.63) is 65.8 Å². The maximum atomic E-state index is 12.8. The Bertz CT molecular complexity index is 1190. The first kappa shape index (κ1) is 18.7. The van der Waals surface area contributed by atoms with Crippen molar-refractivity contribution in [3.63, 3.8) is 0 Å². The molecular weight excluding hydrogens is 398 g/mol. The SMILES string of the molecule is O=C(Nc1nccs1)c1cccc2cnc(-c3cccc(N4CCOCC4)c3)nc12. The molecule has 1 saturated heterocycles. The van der Waals surface area contributed by atoms with Gasteiger partial charge in [-0.1, -0.05) is 24.3 Å². The van der Waals surface area contributed by atoms with Gasteiger partial charge in [0.2, 0.25) is 0 Å². The molecule has 0 aliphatic carbocycles. The summed E-state index contributed by atoms with van der Waals surface area (Å²) in [6, 6.07) is 13.7. The highest BCUT2D eigenvalue weighted by Crippen LogP contribution is 2.26. The van der Waals surface area contributed by atoms with E-state index in [9.17, 15) is 4.79 Å². The third-order valence-corrected chi connectivity index (χ3v) is 5.68. The zero-order valence-corrected chi connectivity index (χ0v) is 16.9. The van der Waals surface area contributed by atoms with Crippen molar-refractivity contribution in [3.8, 4) is 11.4 Å². The van der Waals surface area contributed by atoms with Crippen LogP contribution in [0.4, 0.5) is 10.8 Å². The van der Waals surface area contributed by atoms with Crippen LogP contribution in [0.3, 0.4) is 0 Å². The maximum Gasteiger partial charge on any atom is 0.259 e. The van der Waals surface area contributed by atoms with E-state index in [2.05, 4.69) is 32.3 Å². The number of nitrogens with one attached hydrogen (secondary N) is 1. The number of nitrogens with zero attached hydrogens (tertiary/aromatic N) is 4. The number of carbonyl (C=O) groups excluding carboxylic acids is 1. The van der Waals surface area contributed by atoms with E-state index in [1.165, 1.54) is 11.3 Å². The monoisotopic (exact) mass is 417 g/mol. The van der Waals surface area contributed by atoms with Crippen LogP contribution in [-0.2, 0) is 4.74 Å². The number of thiazole rings is 1. The van der Waals surface area contributed by atoms with E-state index < -0.39 is 0 Å². The van der Waals surface area contributed by atoms with Gasteiger partial charge in [0, 0.05) is 47.5 Å². The molecular formula is C22H19N5O2S. The van der Waals surface area contributed by atoms with Gasteiger partial charge in [-0.25, -0.2) is 15.0 Å². The van der Waals surface area contributed by atoms with E-state index in [4.69, 9.17) is 9.72 Å². The Hall–Kier alpha value is -3.36. The Labute approximate surface area is 177 Å². The predicted molar refractivity (Wildman–Crippen MR) is 118 cm³/mol. The van der Waals surface area contributed by atoms with Gasteiger partial charge in [-0.05, 0) is 18.2 Å². The molecule has 4 aromatic rings.